The van der Waals surface area contributed by atoms with Gasteiger partial charge in [-0.15, -0.1) is 11.3 Å². The second kappa shape index (κ2) is 5.59. The van der Waals surface area contributed by atoms with Crippen molar-refractivity contribution in [1.82, 2.24) is 15.3 Å². The molecule has 0 aliphatic rings. The van der Waals surface area contributed by atoms with Gasteiger partial charge in [-0.25, -0.2) is 4.98 Å². The maximum atomic E-state index is 11.8. The van der Waals surface area contributed by atoms with E-state index in [-0.39, 0.29) is 17.6 Å². The summed E-state index contributed by atoms with van der Waals surface area (Å²) in [4.78, 5) is 19.7. The summed E-state index contributed by atoms with van der Waals surface area (Å²) in [5.74, 6) is -0.100. The topological polar surface area (TPSA) is 75.1 Å². The summed E-state index contributed by atoms with van der Waals surface area (Å²) >= 11 is 1.57. The molecule has 2 heterocycles. The Morgan fingerprint density at radius 2 is 2.39 bits per heavy atom. The highest BCUT2D eigenvalue weighted by atomic mass is 32.1. The third-order valence-corrected chi connectivity index (χ3v) is 3.43. The van der Waals surface area contributed by atoms with Crippen molar-refractivity contribution in [2.45, 2.75) is 12.8 Å². The molecule has 94 valence electrons. The number of pyridine rings is 1. The Balaban J connectivity index is 1.92. The highest BCUT2D eigenvalue weighted by Crippen LogP contribution is 2.16. The van der Waals surface area contributed by atoms with E-state index in [1.807, 2.05) is 12.3 Å². The Morgan fingerprint density at radius 1 is 1.56 bits per heavy atom. The highest BCUT2D eigenvalue weighted by molar-refractivity contribution is 7.09. The number of carbonyl (C=O) groups excluding carboxylic acids is 1. The highest BCUT2D eigenvalue weighted by Gasteiger charge is 2.11. The minimum Gasteiger partial charge on any atom is -0.506 e. The number of hydrogen-bond acceptors (Lipinski definition) is 5. The first kappa shape index (κ1) is 12.5. The molecule has 0 spiro atoms. The summed E-state index contributed by atoms with van der Waals surface area (Å²) in [6.45, 7) is 2.50. The van der Waals surface area contributed by atoms with E-state index >= 15 is 0 Å². The lowest BCUT2D eigenvalue weighted by atomic mass is 10.2. The van der Waals surface area contributed by atoms with Gasteiger partial charge >= 0.3 is 0 Å². The van der Waals surface area contributed by atoms with Gasteiger partial charge in [0.05, 0.1) is 16.8 Å². The van der Waals surface area contributed by atoms with Gasteiger partial charge in [0.25, 0.3) is 5.91 Å². The number of amides is 1. The van der Waals surface area contributed by atoms with Gasteiger partial charge in [-0.1, -0.05) is 6.92 Å². The van der Waals surface area contributed by atoms with Crippen molar-refractivity contribution in [3.05, 3.63) is 40.6 Å². The van der Waals surface area contributed by atoms with Crippen LogP contribution in [0, 0.1) is 0 Å². The van der Waals surface area contributed by atoms with Crippen LogP contribution in [-0.2, 0) is 0 Å². The van der Waals surface area contributed by atoms with E-state index in [0.717, 1.165) is 5.01 Å². The van der Waals surface area contributed by atoms with Gasteiger partial charge in [0.2, 0.25) is 0 Å². The number of carbonyl (C=O) groups is 1. The zero-order chi connectivity index (χ0) is 13.0. The summed E-state index contributed by atoms with van der Waals surface area (Å²) in [5, 5.41) is 14.9. The Morgan fingerprint density at radius 3 is 3.06 bits per heavy atom. The summed E-state index contributed by atoms with van der Waals surface area (Å²) < 4.78 is 0. The van der Waals surface area contributed by atoms with Crippen molar-refractivity contribution < 1.29 is 9.90 Å². The number of aromatic hydroxyl groups is 1. The number of nitrogens with one attached hydrogen (secondary N) is 1. The van der Waals surface area contributed by atoms with Crippen LogP contribution >= 0.6 is 11.3 Å². The maximum Gasteiger partial charge on any atom is 0.253 e. The average Bonchev–Trinajstić information content (AvgIpc) is 2.89. The molecular formula is C12H13N3O2S. The van der Waals surface area contributed by atoms with Crippen LogP contribution in [0.1, 0.15) is 28.2 Å². The lowest BCUT2D eigenvalue weighted by molar-refractivity contribution is 0.0951. The molecule has 0 saturated carbocycles. The normalized spacial score (nSPS) is 12.1. The first-order valence-corrected chi connectivity index (χ1v) is 6.36. The molecule has 5 nitrogen and oxygen atoms in total. The second-order valence-electron chi connectivity index (χ2n) is 3.91. The monoisotopic (exact) mass is 263 g/mol. The predicted molar refractivity (Wildman–Crippen MR) is 68.8 cm³/mol. The molecule has 0 aliphatic heterocycles. The molecule has 2 rings (SSSR count). The molecule has 0 fully saturated rings. The fourth-order valence-electron chi connectivity index (χ4n) is 1.46. The van der Waals surface area contributed by atoms with E-state index in [0.29, 0.717) is 12.1 Å². The van der Waals surface area contributed by atoms with Crippen molar-refractivity contribution in [1.29, 1.82) is 0 Å². The van der Waals surface area contributed by atoms with E-state index in [4.69, 9.17) is 0 Å². The number of hydrogen-bond donors (Lipinski definition) is 2. The van der Waals surface area contributed by atoms with Crippen molar-refractivity contribution in [3.8, 4) is 5.75 Å². The van der Waals surface area contributed by atoms with Gasteiger partial charge in [-0.2, -0.15) is 0 Å². The molecule has 2 N–H and O–H groups in total. The van der Waals surface area contributed by atoms with E-state index in [1.54, 1.807) is 17.5 Å². The van der Waals surface area contributed by atoms with E-state index < -0.39 is 0 Å². The average molecular weight is 263 g/mol. The lowest BCUT2D eigenvalue weighted by Gasteiger charge is -2.10. The third-order valence-electron chi connectivity index (χ3n) is 2.43. The number of thiazole rings is 1. The van der Waals surface area contributed by atoms with Crippen LogP contribution in [0.15, 0.2) is 30.0 Å². The third kappa shape index (κ3) is 3.04. The molecule has 6 heteroatoms. The van der Waals surface area contributed by atoms with Crippen LogP contribution in [0.5, 0.6) is 5.75 Å². The second-order valence-corrected chi connectivity index (χ2v) is 4.84. The van der Waals surface area contributed by atoms with Gasteiger partial charge < -0.3 is 10.4 Å². The number of nitrogens with zero attached hydrogens (tertiary/aromatic N) is 2. The van der Waals surface area contributed by atoms with Crippen molar-refractivity contribution in [3.63, 3.8) is 0 Å². The van der Waals surface area contributed by atoms with Gasteiger partial charge in [-0.05, 0) is 6.07 Å². The van der Waals surface area contributed by atoms with Crippen LogP contribution in [-0.4, -0.2) is 27.5 Å². The molecular weight excluding hydrogens is 250 g/mol. The fourth-order valence-corrected chi connectivity index (χ4v) is 2.16. The summed E-state index contributed by atoms with van der Waals surface area (Å²) in [6.07, 6.45) is 4.45. The largest absolute Gasteiger partial charge is 0.506 e. The molecule has 1 unspecified atom stereocenters. The van der Waals surface area contributed by atoms with Gasteiger partial charge in [0.1, 0.15) is 5.75 Å². The van der Waals surface area contributed by atoms with Crippen LogP contribution in [0.25, 0.3) is 0 Å². The Bertz CT molecular complexity index is 528. The summed E-state index contributed by atoms with van der Waals surface area (Å²) in [7, 11) is 0. The molecule has 0 aromatic carbocycles. The van der Waals surface area contributed by atoms with Gasteiger partial charge in [0.15, 0.2) is 0 Å². The van der Waals surface area contributed by atoms with Crippen LogP contribution in [0.4, 0.5) is 0 Å². The zero-order valence-corrected chi connectivity index (χ0v) is 10.6. The maximum absolute atomic E-state index is 11.8. The molecule has 0 saturated heterocycles. The zero-order valence-electron chi connectivity index (χ0n) is 9.83. The molecule has 0 bridgehead atoms. The molecule has 0 radical (unpaired) electrons. The van der Waals surface area contributed by atoms with Crippen molar-refractivity contribution in [2.24, 2.45) is 0 Å². The predicted octanol–water partition coefficient (Wildman–Crippen LogP) is 1.78. The molecule has 2 aromatic heterocycles. The summed E-state index contributed by atoms with van der Waals surface area (Å²) in [5.41, 5.74) is 0.348. The van der Waals surface area contributed by atoms with E-state index in [2.05, 4.69) is 15.3 Å². The van der Waals surface area contributed by atoms with Gasteiger partial charge in [-0.3, -0.25) is 9.78 Å². The number of rotatable bonds is 4. The smallest absolute Gasteiger partial charge is 0.253 e. The van der Waals surface area contributed by atoms with E-state index in [1.165, 1.54) is 18.5 Å². The standard InChI is InChI=1S/C12H13N3O2S/c1-8(12-14-2-3-18-12)5-15-11(17)9-4-10(16)7-13-6-9/h2-4,6-8,16H,5H2,1H3,(H,15,17). The van der Waals surface area contributed by atoms with Crippen molar-refractivity contribution >= 4 is 17.2 Å². The van der Waals surface area contributed by atoms with Gasteiger partial charge in [0, 0.05) is 30.2 Å². The fraction of sp³-hybridized carbons (Fsp3) is 0.250. The molecule has 0 aliphatic carbocycles. The Labute approximate surface area is 109 Å². The molecule has 18 heavy (non-hydrogen) atoms. The molecule has 1 amide bonds. The molecule has 1 atom stereocenters. The SMILES string of the molecule is CC(CNC(=O)c1cncc(O)c1)c1nccs1. The first-order valence-electron chi connectivity index (χ1n) is 5.48. The minimum atomic E-state index is -0.248. The minimum absolute atomic E-state index is 0.0179. The van der Waals surface area contributed by atoms with E-state index in [9.17, 15) is 9.90 Å². The number of aromatic nitrogens is 2. The van der Waals surface area contributed by atoms with Crippen LogP contribution < -0.4 is 5.32 Å². The Hall–Kier alpha value is -1.95. The van der Waals surface area contributed by atoms with Crippen LogP contribution in [0.2, 0.25) is 0 Å². The first-order chi connectivity index (χ1) is 8.66. The Kier molecular flexibility index (Phi) is 3.88. The molecule has 2 aromatic rings. The summed E-state index contributed by atoms with van der Waals surface area (Å²) in [6, 6.07) is 1.39. The quantitative estimate of drug-likeness (QED) is 0.881. The lowest BCUT2D eigenvalue weighted by Crippen LogP contribution is -2.27. The van der Waals surface area contributed by atoms with Crippen molar-refractivity contribution in [2.75, 3.05) is 6.54 Å². The van der Waals surface area contributed by atoms with Crippen LogP contribution in [0.3, 0.4) is 0 Å².